The van der Waals surface area contributed by atoms with Crippen LogP contribution in [0.4, 0.5) is 0 Å². The van der Waals surface area contributed by atoms with E-state index in [9.17, 15) is 5.11 Å². The molecule has 1 heterocycles. The Morgan fingerprint density at radius 2 is 2.20 bits per heavy atom. The van der Waals surface area contributed by atoms with Crippen LogP contribution in [0.25, 0.3) is 0 Å². The molecule has 0 aliphatic carbocycles. The smallest absolute Gasteiger partial charge is 0.0668 e. The second-order valence-corrected chi connectivity index (χ2v) is 5.94. The van der Waals surface area contributed by atoms with Gasteiger partial charge in [-0.25, -0.2) is 0 Å². The molecule has 15 heavy (non-hydrogen) atoms. The van der Waals surface area contributed by atoms with Gasteiger partial charge in [-0.15, -0.1) is 11.3 Å². The van der Waals surface area contributed by atoms with E-state index in [1.807, 2.05) is 0 Å². The molecule has 0 fully saturated rings. The third kappa shape index (κ3) is 5.92. The van der Waals surface area contributed by atoms with Crippen molar-refractivity contribution in [3.8, 4) is 0 Å². The van der Waals surface area contributed by atoms with Gasteiger partial charge in [-0.3, -0.25) is 0 Å². The molecule has 0 radical (unpaired) electrons. The highest BCUT2D eigenvalue weighted by molar-refractivity contribution is 7.09. The Morgan fingerprint density at radius 1 is 1.47 bits per heavy atom. The zero-order valence-corrected chi connectivity index (χ0v) is 10.6. The van der Waals surface area contributed by atoms with Gasteiger partial charge in [0, 0.05) is 17.0 Å². The Bertz CT molecular complexity index is 264. The van der Waals surface area contributed by atoms with Crippen LogP contribution >= 0.6 is 11.3 Å². The van der Waals surface area contributed by atoms with Crippen molar-refractivity contribution in [3.05, 3.63) is 22.4 Å². The second kappa shape index (κ2) is 5.64. The number of aryl methyl sites for hydroxylation is 1. The minimum absolute atomic E-state index is 0.0872. The predicted octanol–water partition coefficient (Wildman–Crippen LogP) is 2.43. The van der Waals surface area contributed by atoms with E-state index in [0.29, 0.717) is 6.54 Å². The van der Waals surface area contributed by atoms with Gasteiger partial charge in [0.2, 0.25) is 0 Å². The number of aliphatic hydroxyl groups is 1. The number of rotatable bonds is 5. The molecule has 2 N–H and O–H groups in total. The molecule has 0 aliphatic rings. The van der Waals surface area contributed by atoms with Crippen LogP contribution in [-0.2, 0) is 6.42 Å². The fraction of sp³-hybridized carbons (Fsp3) is 0.667. The Balaban J connectivity index is 2.16. The number of nitrogens with one attached hydrogen (secondary N) is 1. The van der Waals surface area contributed by atoms with Crippen molar-refractivity contribution in [1.29, 1.82) is 0 Å². The molecule has 0 aliphatic heterocycles. The standard InChI is InChI=1S/C12H21NOS/c1-12(2,3)13-9-10(14)6-7-11-5-4-8-15-11/h4-5,8,10,13-14H,6-7,9H2,1-3H3. The summed E-state index contributed by atoms with van der Waals surface area (Å²) in [5.74, 6) is 0. The van der Waals surface area contributed by atoms with E-state index in [-0.39, 0.29) is 11.6 Å². The van der Waals surface area contributed by atoms with Crippen LogP contribution in [0.2, 0.25) is 0 Å². The van der Waals surface area contributed by atoms with E-state index in [4.69, 9.17) is 0 Å². The van der Waals surface area contributed by atoms with Crippen LogP contribution in [0.15, 0.2) is 17.5 Å². The highest BCUT2D eigenvalue weighted by atomic mass is 32.1. The number of aliphatic hydroxyl groups excluding tert-OH is 1. The highest BCUT2D eigenvalue weighted by Crippen LogP contribution is 2.12. The van der Waals surface area contributed by atoms with Gasteiger partial charge in [0.25, 0.3) is 0 Å². The molecule has 2 nitrogen and oxygen atoms in total. The number of β-amino-alcohol motifs (C(OH)–C–C–N with tert-alkyl or cyclic N) is 1. The van der Waals surface area contributed by atoms with Gasteiger partial charge < -0.3 is 10.4 Å². The number of thiophene rings is 1. The van der Waals surface area contributed by atoms with Crippen molar-refractivity contribution >= 4 is 11.3 Å². The Hall–Kier alpha value is -0.380. The lowest BCUT2D eigenvalue weighted by molar-refractivity contribution is 0.152. The largest absolute Gasteiger partial charge is 0.392 e. The zero-order valence-electron chi connectivity index (χ0n) is 9.79. The molecule has 0 saturated heterocycles. The molecular weight excluding hydrogens is 206 g/mol. The molecule has 0 spiro atoms. The lowest BCUT2D eigenvalue weighted by Gasteiger charge is -2.22. The molecule has 1 aromatic rings. The summed E-state index contributed by atoms with van der Waals surface area (Å²) in [6.07, 6.45) is 1.57. The van der Waals surface area contributed by atoms with Crippen LogP contribution in [0, 0.1) is 0 Å². The van der Waals surface area contributed by atoms with Crippen molar-refractivity contribution in [3.63, 3.8) is 0 Å². The van der Waals surface area contributed by atoms with Gasteiger partial charge in [-0.2, -0.15) is 0 Å². The molecule has 0 amide bonds. The van der Waals surface area contributed by atoms with Crippen LogP contribution < -0.4 is 5.32 Å². The maximum Gasteiger partial charge on any atom is 0.0668 e. The van der Waals surface area contributed by atoms with Crippen LogP contribution in [0.5, 0.6) is 0 Å². The summed E-state index contributed by atoms with van der Waals surface area (Å²) in [7, 11) is 0. The predicted molar refractivity (Wildman–Crippen MR) is 66.4 cm³/mol. The van der Waals surface area contributed by atoms with E-state index in [1.165, 1.54) is 4.88 Å². The third-order valence-corrected chi connectivity index (χ3v) is 3.11. The quantitative estimate of drug-likeness (QED) is 0.810. The van der Waals surface area contributed by atoms with Gasteiger partial charge in [0.15, 0.2) is 0 Å². The summed E-state index contributed by atoms with van der Waals surface area (Å²) in [5.41, 5.74) is 0.0872. The van der Waals surface area contributed by atoms with Gasteiger partial charge in [0.1, 0.15) is 0 Å². The third-order valence-electron chi connectivity index (χ3n) is 2.17. The van der Waals surface area contributed by atoms with E-state index < -0.39 is 0 Å². The number of hydrogen-bond acceptors (Lipinski definition) is 3. The zero-order chi connectivity index (χ0) is 11.3. The fourth-order valence-electron chi connectivity index (χ4n) is 1.29. The molecule has 0 saturated carbocycles. The Morgan fingerprint density at radius 3 is 2.73 bits per heavy atom. The molecule has 86 valence electrons. The van der Waals surface area contributed by atoms with E-state index in [0.717, 1.165) is 12.8 Å². The summed E-state index contributed by atoms with van der Waals surface area (Å²) >= 11 is 1.76. The fourth-order valence-corrected chi connectivity index (χ4v) is 2.01. The van der Waals surface area contributed by atoms with Crippen molar-refractivity contribution in [2.75, 3.05) is 6.54 Å². The molecule has 3 heteroatoms. The van der Waals surface area contributed by atoms with Crippen LogP contribution in [0.3, 0.4) is 0 Å². The van der Waals surface area contributed by atoms with E-state index in [1.54, 1.807) is 11.3 Å². The second-order valence-electron chi connectivity index (χ2n) is 4.90. The maximum atomic E-state index is 9.75. The lowest BCUT2D eigenvalue weighted by atomic mass is 10.1. The van der Waals surface area contributed by atoms with Crippen molar-refractivity contribution < 1.29 is 5.11 Å². The summed E-state index contributed by atoms with van der Waals surface area (Å²) in [6, 6.07) is 4.17. The molecule has 1 unspecified atom stereocenters. The molecule has 0 bridgehead atoms. The van der Waals surface area contributed by atoms with Crippen molar-refractivity contribution in [1.82, 2.24) is 5.32 Å². The van der Waals surface area contributed by atoms with Crippen LogP contribution in [0.1, 0.15) is 32.1 Å². The average molecular weight is 227 g/mol. The minimum Gasteiger partial charge on any atom is -0.392 e. The first kappa shape index (κ1) is 12.7. The van der Waals surface area contributed by atoms with Crippen molar-refractivity contribution in [2.45, 2.75) is 45.3 Å². The van der Waals surface area contributed by atoms with Gasteiger partial charge in [-0.05, 0) is 45.1 Å². The maximum absolute atomic E-state index is 9.75. The summed E-state index contributed by atoms with van der Waals surface area (Å²) < 4.78 is 0. The van der Waals surface area contributed by atoms with Gasteiger partial charge >= 0.3 is 0 Å². The molecule has 0 aromatic carbocycles. The first-order valence-electron chi connectivity index (χ1n) is 5.43. The monoisotopic (exact) mass is 227 g/mol. The van der Waals surface area contributed by atoms with Crippen LogP contribution in [-0.4, -0.2) is 23.3 Å². The minimum atomic E-state index is -0.244. The number of hydrogen-bond donors (Lipinski definition) is 2. The highest BCUT2D eigenvalue weighted by Gasteiger charge is 2.12. The topological polar surface area (TPSA) is 32.3 Å². The molecule has 1 rings (SSSR count). The summed E-state index contributed by atoms with van der Waals surface area (Å²) in [5, 5.41) is 15.1. The Labute approximate surface area is 96.3 Å². The molecule has 1 atom stereocenters. The Kier molecular flexibility index (Phi) is 4.77. The average Bonchev–Trinajstić information content (AvgIpc) is 2.62. The summed E-state index contributed by atoms with van der Waals surface area (Å²) in [6.45, 7) is 7.01. The molecule has 1 aromatic heterocycles. The van der Waals surface area contributed by atoms with E-state index >= 15 is 0 Å². The SMILES string of the molecule is CC(C)(C)NCC(O)CCc1cccs1. The first-order chi connectivity index (χ1) is 6.97. The van der Waals surface area contributed by atoms with Gasteiger partial charge in [-0.1, -0.05) is 6.07 Å². The molecular formula is C12H21NOS. The van der Waals surface area contributed by atoms with Crippen molar-refractivity contribution in [2.24, 2.45) is 0 Å². The van der Waals surface area contributed by atoms with E-state index in [2.05, 4.69) is 43.6 Å². The first-order valence-corrected chi connectivity index (χ1v) is 6.31. The van der Waals surface area contributed by atoms with Gasteiger partial charge in [0.05, 0.1) is 6.10 Å². The normalized spacial score (nSPS) is 14.1. The summed E-state index contributed by atoms with van der Waals surface area (Å²) in [4.78, 5) is 1.35. The lowest BCUT2D eigenvalue weighted by Crippen LogP contribution is -2.40.